The summed E-state index contributed by atoms with van der Waals surface area (Å²) in [6.45, 7) is 2.29. The Morgan fingerprint density at radius 1 is 1.48 bits per heavy atom. The van der Waals surface area contributed by atoms with Gasteiger partial charge in [0.15, 0.2) is 17.6 Å². The number of ether oxygens (including phenoxy) is 1. The number of rotatable bonds is 7. The molecule has 0 aliphatic carbocycles. The first kappa shape index (κ1) is 15.6. The van der Waals surface area contributed by atoms with E-state index in [0.717, 1.165) is 6.42 Å². The van der Waals surface area contributed by atoms with Crippen LogP contribution in [0.2, 0.25) is 0 Å². The summed E-state index contributed by atoms with van der Waals surface area (Å²) in [5.41, 5.74) is -0.432. The predicted octanol–water partition coefficient (Wildman–Crippen LogP) is 1.68. The minimum Gasteiger partial charge on any atom is -0.366 e. The maximum Gasteiger partial charge on any atom is 0.257 e. The van der Waals surface area contributed by atoms with Crippen LogP contribution in [0.5, 0.6) is 0 Å². The van der Waals surface area contributed by atoms with Crippen molar-refractivity contribution >= 4 is 5.91 Å². The van der Waals surface area contributed by atoms with E-state index >= 15 is 0 Å². The molecule has 1 N–H and O–H groups in total. The fourth-order valence-corrected chi connectivity index (χ4v) is 2.67. The van der Waals surface area contributed by atoms with E-state index in [-0.39, 0.29) is 18.1 Å². The molecule has 0 radical (unpaired) electrons. The zero-order valence-electron chi connectivity index (χ0n) is 13.0. The summed E-state index contributed by atoms with van der Waals surface area (Å²) in [5.74, 6) is 3.47. The molecule has 1 amide bonds. The van der Waals surface area contributed by atoms with Crippen LogP contribution >= 0.6 is 0 Å². The molecule has 2 aliphatic rings. The number of hydrogen-bond donors (Lipinski definition) is 1. The second kappa shape index (κ2) is 6.46. The Kier molecular flexibility index (Phi) is 4.39. The predicted molar refractivity (Wildman–Crippen MR) is 79.2 cm³/mol. The number of nitrogens with zero attached hydrogens (tertiary/aromatic N) is 4. The molecule has 3 heterocycles. The van der Waals surface area contributed by atoms with Gasteiger partial charge in [-0.15, -0.1) is 12.3 Å². The molecule has 2 aliphatic heterocycles. The van der Waals surface area contributed by atoms with E-state index < -0.39 is 5.66 Å². The van der Waals surface area contributed by atoms with Crippen molar-refractivity contribution in [3.8, 4) is 12.3 Å². The van der Waals surface area contributed by atoms with Crippen molar-refractivity contribution in [2.45, 2.75) is 56.8 Å². The summed E-state index contributed by atoms with van der Waals surface area (Å²) < 4.78 is 10.7. The van der Waals surface area contributed by atoms with E-state index in [1.807, 2.05) is 0 Å². The van der Waals surface area contributed by atoms with Gasteiger partial charge < -0.3 is 14.6 Å². The zero-order chi connectivity index (χ0) is 16.3. The Bertz CT molecular complexity index is 642. The Hall–Kier alpha value is -2.27. The van der Waals surface area contributed by atoms with Crippen LogP contribution in [0.4, 0.5) is 0 Å². The minimum absolute atomic E-state index is 0.0564. The zero-order valence-corrected chi connectivity index (χ0v) is 13.0. The molecule has 122 valence electrons. The molecule has 3 rings (SSSR count). The number of carbonyl (C=O) groups is 1. The summed E-state index contributed by atoms with van der Waals surface area (Å²) in [6, 6.07) is -0.155. The summed E-state index contributed by atoms with van der Waals surface area (Å²) in [7, 11) is 0. The molecular weight excluding hydrogens is 298 g/mol. The first-order valence-corrected chi connectivity index (χ1v) is 7.71. The molecule has 1 aromatic heterocycles. The van der Waals surface area contributed by atoms with Crippen LogP contribution in [-0.2, 0) is 9.53 Å². The molecule has 0 unspecified atom stereocenters. The van der Waals surface area contributed by atoms with Gasteiger partial charge in [-0.2, -0.15) is 15.2 Å². The average molecular weight is 317 g/mol. The minimum atomic E-state index is -0.432. The molecule has 0 bridgehead atoms. The first-order chi connectivity index (χ1) is 11.1. The highest BCUT2D eigenvalue weighted by atomic mass is 16.5. The highest BCUT2D eigenvalue weighted by Gasteiger charge is 2.40. The second-order valence-corrected chi connectivity index (χ2v) is 5.82. The molecule has 8 nitrogen and oxygen atoms in total. The van der Waals surface area contributed by atoms with E-state index in [1.165, 1.54) is 0 Å². The number of nitrogens with one attached hydrogen (secondary N) is 1. The van der Waals surface area contributed by atoms with Crippen molar-refractivity contribution in [2.24, 2.45) is 10.2 Å². The van der Waals surface area contributed by atoms with Gasteiger partial charge in [0, 0.05) is 32.3 Å². The highest BCUT2D eigenvalue weighted by Crippen LogP contribution is 2.37. The van der Waals surface area contributed by atoms with Crippen LogP contribution in [0, 0.1) is 19.3 Å². The van der Waals surface area contributed by atoms with Gasteiger partial charge in [0.05, 0.1) is 6.04 Å². The standard InChI is InChI=1S/C15H19N5O3/c1-3-4-7-15(19-20-15)8-5-12(21)17-11-6-9-22-13(11)14-16-10(2)18-23-14/h1,11,13H,4-9H2,2H3,(H,17,21)/t11-,13+/m0/s1. The van der Waals surface area contributed by atoms with Gasteiger partial charge in [0.2, 0.25) is 5.91 Å². The molecule has 1 aromatic rings. The van der Waals surface area contributed by atoms with Gasteiger partial charge in [-0.3, -0.25) is 4.79 Å². The second-order valence-electron chi connectivity index (χ2n) is 5.82. The lowest BCUT2D eigenvalue weighted by Crippen LogP contribution is -2.37. The average Bonchev–Trinajstić information content (AvgIpc) is 2.93. The number of carbonyl (C=O) groups excluding carboxylic acids is 1. The lowest BCUT2D eigenvalue weighted by molar-refractivity contribution is -0.122. The van der Waals surface area contributed by atoms with Crippen LogP contribution < -0.4 is 5.32 Å². The van der Waals surface area contributed by atoms with Crippen LogP contribution in [-0.4, -0.2) is 34.4 Å². The number of aryl methyl sites for hydroxylation is 1. The van der Waals surface area contributed by atoms with Gasteiger partial charge in [0.25, 0.3) is 5.89 Å². The summed E-state index contributed by atoms with van der Waals surface area (Å²) >= 11 is 0. The van der Waals surface area contributed by atoms with Crippen LogP contribution in [0.3, 0.4) is 0 Å². The lowest BCUT2D eigenvalue weighted by Gasteiger charge is -2.17. The van der Waals surface area contributed by atoms with Crippen molar-refractivity contribution in [3.05, 3.63) is 11.7 Å². The van der Waals surface area contributed by atoms with E-state index in [4.69, 9.17) is 15.7 Å². The molecular formula is C15H19N5O3. The van der Waals surface area contributed by atoms with Crippen molar-refractivity contribution in [1.82, 2.24) is 15.5 Å². The van der Waals surface area contributed by atoms with Crippen LogP contribution in [0.1, 0.15) is 49.9 Å². The largest absolute Gasteiger partial charge is 0.366 e. The number of aromatic nitrogens is 2. The Balaban J connectivity index is 1.48. The van der Waals surface area contributed by atoms with Crippen molar-refractivity contribution in [1.29, 1.82) is 0 Å². The van der Waals surface area contributed by atoms with Crippen molar-refractivity contribution in [3.63, 3.8) is 0 Å². The molecule has 0 spiro atoms. The maximum absolute atomic E-state index is 12.2. The summed E-state index contributed by atoms with van der Waals surface area (Å²) in [6.07, 6.45) is 7.84. The van der Waals surface area contributed by atoms with Gasteiger partial charge in [0.1, 0.15) is 0 Å². The molecule has 1 fully saturated rings. The monoisotopic (exact) mass is 317 g/mol. The van der Waals surface area contributed by atoms with E-state index in [1.54, 1.807) is 6.92 Å². The highest BCUT2D eigenvalue weighted by molar-refractivity contribution is 5.76. The number of hydrogen-bond acceptors (Lipinski definition) is 7. The quantitative estimate of drug-likeness (QED) is 0.771. The fraction of sp³-hybridized carbons (Fsp3) is 0.667. The van der Waals surface area contributed by atoms with E-state index in [9.17, 15) is 4.79 Å². The molecule has 23 heavy (non-hydrogen) atoms. The third-order valence-electron chi connectivity index (χ3n) is 4.03. The van der Waals surface area contributed by atoms with E-state index in [0.29, 0.717) is 44.0 Å². The van der Waals surface area contributed by atoms with Crippen molar-refractivity contribution < 1.29 is 14.1 Å². The fourth-order valence-electron chi connectivity index (χ4n) is 2.67. The Labute approximate surface area is 134 Å². The smallest absolute Gasteiger partial charge is 0.257 e. The summed E-state index contributed by atoms with van der Waals surface area (Å²) in [5, 5.41) is 14.8. The van der Waals surface area contributed by atoms with E-state index in [2.05, 4.69) is 31.6 Å². The third kappa shape index (κ3) is 3.74. The van der Waals surface area contributed by atoms with Crippen LogP contribution in [0.15, 0.2) is 14.8 Å². The molecule has 0 saturated carbocycles. The molecule has 1 saturated heterocycles. The number of terminal acetylenes is 1. The lowest BCUT2D eigenvalue weighted by atomic mass is 10.0. The SMILES string of the molecule is C#CCCC1(CCC(=O)N[C@H]2CCO[C@H]2c2nc(C)no2)N=N1. The maximum atomic E-state index is 12.2. The van der Waals surface area contributed by atoms with Gasteiger partial charge in [-0.05, 0) is 13.3 Å². The topological polar surface area (TPSA) is 102 Å². The Morgan fingerprint density at radius 3 is 2.96 bits per heavy atom. The van der Waals surface area contributed by atoms with Gasteiger partial charge >= 0.3 is 0 Å². The van der Waals surface area contributed by atoms with Gasteiger partial charge in [-0.25, -0.2) is 0 Å². The number of amides is 1. The molecule has 8 heteroatoms. The first-order valence-electron chi connectivity index (χ1n) is 7.71. The summed E-state index contributed by atoms with van der Waals surface area (Å²) in [4.78, 5) is 16.3. The third-order valence-corrected chi connectivity index (χ3v) is 4.03. The molecule has 0 aromatic carbocycles. The van der Waals surface area contributed by atoms with Crippen LogP contribution in [0.25, 0.3) is 0 Å². The normalized spacial score (nSPS) is 24.3. The molecule has 2 atom stereocenters. The van der Waals surface area contributed by atoms with Crippen molar-refractivity contribution in [2.75, 3.05) is 6.61 Å². The van der Waals surface area contributed by atoms with Gasteiger partial charge in [-0.1, -0.05) is 5.16 Å². The Morgan fingerprint density at radius 2 is 2.30 bits per heavy atom.